The normalized spacial score (nSPS) is 10.4. The summed E-state index contributed by atoms with van der Waals surface area (Å²) in [5.41, 5.74) is 0.664. The number of alkyl halides is 1. The molecule has 1 rings (SSSR count). The molecule has 0 heterocycles. The smallest absolute Gasteiger partial charge is 0.227 e. The van der Waals surface area contributed by atoms with Crippen LogP contribution in [0.25, 0.3) is 0 Å². The van der Waals surface area contributed by atoms with Crippen molar-refractivity contribution < 1.29 is 13.9 Å². The Labute approximate surface area is 111 Å². The van der Waals surface area contributed by atoms with E-state index >= 15 is 0 Å². The van der Waals surface area contributed by atoms with E-state index in [1.54, 1.807) is 24.1 Å². The Morgan fingerprint density at radius 1 is 1.44 bits per heavy atom. The fourth-order valence-corrected chi connectivity index (χ4v) is 1.80. The maximum atomic E-state index is 13.0. The first kappa shape index (κ1) is 14.9. The van der Waals surface area contributed by atoms with Gasteiger partial charge in [-0.2, -0.15) is 0 Å². The molecule has 0 aliphatic rings. The van der Waals surface area contributed by atoms with Crippen LogP contribution < -0.4 is 0 Å². The molecule has 18 heavy (non-hydrogen) atoms. The van der Waals surface area contributed by atoms with Gasteiger partial charge in [0.05, 0.1) is 13.0 Å². The Kier molecular flexibility index (Phi) is 6.68. The van der Waals surface area contributed by atoms with Crippen LogP contribution in [0.15, 0.2) is 24.3 Å². The third kappa shape index (κ3) is 5.02. The summed E-state index contributed by atoms with van der Waals surface area (Å²) in [5, 5.41) is 0. The number of hydrogen-bond acceptors (Lipinski definition) is 2. The van der Waals surface area contributed by atoms with Crippen LogP contribution >= 0.6 is 11.6 Å². The maximum Gasteiger partial charge on any atom is 0.227 e. The summed E-state index contributed by atoms with van der Waals surface area (Å²) < 4.78 is 17.9. The number of halogens is 2. The van der Waals surface area contributed by atoms with E-state index in [1.807, 2.05) is 0 Å². The standard InChI is InChI=1S/C13H17ClFNO2/c1-18-8-7-16(6-5-14)13(17)10-11-3-2-4-12(15)9-11/h2-4,9H,5-8,10H2,1H3. The zero-order valence-corrected chi connectivity index (χ0v) is 11.1. The molecule has 0 N–H and O–H groups in total. The van der Waals surface area contributed by atoms with Gasteiger partial charge in [-0.05, 0) is 17.7 Å². The molecule has 0 aliphatic carbocycles. The predicted molar refractivity (Wildman–Crippen MR) is 69.3 cm³/mol. The summed E-state index contributed by atoms with van der Waals surface area (Å²) in [7, 11) is 1.58. The largest absolute Gasteiger partial charge is 0.383 e. The van der Waals surface area contributed by atoms with E-state index < -0.39 is 0 Å². The van der Waals surface area contributed by atoms with Gasteiger partial charge in [-0.25, -0.2) is 4.39 Å². The molecule has 0 aromatic heterocycles. The zero-order valence-electron chi connectivity index (χ0n) is 10.4. The van der Waals surface area contributed by atoms with Crippen LogP contribution in [0.5, 0.6) is 0 Å². The van der Waals surface area contributed by atoms with Gasteiger partial charge in [-0.15, -0.1) is 11.6 Å². The van der Waals surface area contributed by atoms with Crippen LogP contribution in [0.4, 0.5) is 4.39 Å². The molecule has 0 saturated carbocycles. The second kappa shape index (κ2) is 8.06. The van der Waals surface area contributed by atoms with Crippen LogP contribution in [0.2, 0.25) is 0 Å². The first-order valence-electron chi connectivity index (χ1n) is 5.74. The average molecular weight is 274 g/mol. The van der Waals surface area contributed by atoms with E-state index in [9.17, 15) is 9.18 Å². The van der Waals surface area contributed by atoms with E-state index in [-0.39, 0.29) is 18.1 Å². The summed E-state index contributed by atoms with van der Waals surface area (Å²) in [4.78, 5) is 13.6. The lowest BCUT2D eigenvalue weighted by molar-refractivity contribution is -0.130. The molecule has 0 spiro atoms. The summed E-state index contributed by atoms with van der Waals surface area (Å²) in [6.45, 7) is 1.43. The number of hydrogen-bond donors (Lipinski definition) is 0. The van der Waals surface area contributed by atoms with Crippen molar-refractivity contribution in [2.75, 3.05) is 32.7 Å². The topological polar surface area (TPSA) is 29.5 Å². The number of ether oxygens (including phenoxy) is 1. The number of nitrogens with zero attached hydrogens (tertiary/aromatic N) is 1. The molecule has 100 valence electrons. The highest BCUT2D eigenvalue weighted by molar-refractivity contribution is 6.18. The highest BCUT2D eigenvalue weighted by atomic mass is 35.5. The third-order valence-corrected chi connectivity index (χ3v) is 2.69. The van der Waals surface area contributed by atoms with Crippen molar-refractivity contribution in [2.24, 2.45) is 0 Å². The summed E-state index contributed by atoms with van der Waals surface area (Å²) >= 11 is 5.65. The molecular weight excluding hydrogens is 257 g/mol. The van der Waals surface area contributed by atoms with Crippen LogP contribution in [-0.4, -0.2) is 43.5 Å². The van der Waals surface area contributed by atoms with Crippen LogP contribution in [-0.2, 0) is 16.0 Å². The number of carbonyl (C=O) groups excluding carboxylic acids is 1. The lowest BCUT2D eigenvalue weighted by Gasteiger charge is -2.21. The molecule has 1 aromatic rings. The van der Waals surface area contributed by atoms with Gasteiger partial charge in [0.25, 0.3) is 0 Å². The predicted octanol–water partition coefficient (Wildman–Crippen LogP) is 2.08. The maximum absolute atomic E-state index is 13.0. The molecule has 3 nitrogen and oxygen atoms in total. The number of amides is 1. The van der Waals surface area contributed by atoms with Crippen LogP contribution in [0.3, 0.4) is 0 Å². The molecule has 0 unspecified atom stereocenters. The van der Waals surface area contributed by atoms with Crippen molar-refractivity contribution in [3.05, 3.63) is 35.6 Å². The average Bonchev–Trinajstić information content (AvgIpc) is 2.34. The zero-order chi connectivity index (χ0) is 13.4. The number of rotatable bonds is 7. The van der Waals surface area contributed by atoms with E-state index in [0.29, 0.717) is 31.1 Å². The van der Waals surface area contributed by atoms with Gasteiger partial charge in [0.1, 0.15) is 5.82 Å². The minimum Gasteiger partial charge on any atom is -0.383 e. The second-order valence-corrected chi connectivity index (χ2v) is 4.25. The van der Waals surface area contributed by atoms with Crippen molar-refractivity contribution >= 4 is 17.5 Å². The first-order chi connectivity index (χ1) is 8.67. The molecular formula is C13H17ClFNO2. The minimum absolute atomic E-state index is 0.0710. The number of benzene rings is 1. The van der Waals surface area contributed by atoms with Crippen molar-refractivity contribution in [2.45, 2.75) is 6.42 Å². The van der Waals surface area contributed by atoms with Crippen LogP contribution in [0.1, 0.15) is 5.56 Å². The molecule has 0 atom stereocenters. The third-order valence-electron chi connectivity index (χ3n) is 2.52. The number of methoxy groups -OCH3 is 1. The Bertz CT molecular complexity index is 387. The molecule has 0 radical (unpaired) electrons. The second-order valence-electron chi connectivity index (χ2n) is 3.87. The van der Waals surface area contributed by atoms with Crippen molar-refractivity contribution in [1.29, 1.82) is 0 Å². The summed E-state index contributed by atoms with van der Waals surface area (Å²) in [6, 6.07) is 6.05. The van der Waals surface area contributed by atoms with Gasteiger partial charge < -0.3 is 9.64 Å². The monoisotopic (exact) mass is 273 g/mol. The van der Waals surface area contributed by atoms with Gasteiger partial charge in [-0.3, -0.25) is 4.79 Å². The van der Waals surface area contributed by atoms with Crippen molar-refractivity contribution in [3.63, 3.8) is 0 Å². The fourth-order valence-electron chi connectivity index (χ4n) is 1.60. The Hall–Kier alpha value is -1.13. The molecule has 1 amide bonds. The van der Waals surface area contributed by atoms with E-state index in [1.165, 1.54) is 12.1 Å². The Morgan fingerprint density at radius 2 is 2.22 bits per heavy atom. The fraction of sp³-hybridized carbons (Fsp3) is 0.462. The quantitative estimate of drug-likeness (QED) is 0.712. The van der Waals surface area contributed by atoms with Gasteiger partial charge in [-0.1, -0.05) is 12.1 Å². The first-order valence-corrected chi connectivity index (χ1v) is 6.28. The molecule has 5 heteroatoms. The van der Waals surface area contributed by atoms with E-state index in [0.717, 1.165) is 0 Å². The molecule has 0 saturated heterocycles. The summed E-state index contributed by atoms with van der Waals surface area (Å²) in [6.07, 6.45) is 0.179. The van der Waals surface area contributed by atoms with Crippen molar-refractivity contribution in [3.8, 4) is 0 Å². The summed E-state index contributed by atoms with van der Waals surface area (Å²) in [5.74, 6) is -0.0297. The molecule has 1 aromatic carbocycles. The lowest BCUT2D eigenvalue weighted by atomic mass is 10.1. The van der Waals surface area contributed by atoms with Crippen LogP contribution in [0, 0.1) is 5.82 Å². The molecule has 0 fully saturated rings. The Balaban J connectivity index is 2.60. The SMILES string of the molecule is COCCN(CCCl)C(=O)Cc1cccc(F)c1. The Morgan fingerprint density at radius 3 is 2.83 bits per heavy atom. The van der Waals surface area contributed by atoms with E-state index in [4.69, 9.17) is 16.3 Å². The highest BCUT2D eigenvalue weighted by Crippen LogP contribution is 2.06. The minimum atomic E-state index is -0.332. The lowest BCUT2D eigenvalue weighted by Crippen LogP contribution is -2.36. The van der Waals surface area contributed by atoms with E-state index in [2.05, 4.69) is 0 Å². The van der Waals surface area contributed by atoms with Gasteiger partial charge in [0.15, 0.2) is 0 Å². The molecule has 0 bridgehead atoms. The number of carbonyl (C=O) groups is 1. The van der Waals surface area contributed by atoms with Gasteiger partial charge >= 0.3 is 0 Å². The van der Waals surface area contributed by atoms with Crippen molar-refractivity contribution in [1.82, 2.24) is 4.90 Å². The highest BCUT2D eigenvalue weighted by Gasteiger charge is 2.13. The van der Waals surface area contributed by atoms with Gasteiger partial charge in [0, 0.05) is 26.1 Å². The molecule has 0 aliphatic heterocycles. The van der Waals surface area contributed by atoms with Gasteiger partial charge in [0.2, 0.25) is 5.91 Å².